The molecule has 0 heterocycles. The Kier molecular flexibility index (Phi) is 11.4. The smallest absolute Gasteiger partial charge is 0.321 e. The molecular formula is C12H17O9PS2. The number of hydrogen-bond donors (Lipinski definition) is 4. The normalized spacial score (nSPS) is 11.5. The first-order chi connectivity index (χ1) is 10.7. The molecule has 0 saturated carbocycles. The molecule has 0 amide bonds. The van der Waals surface area contributed by atoms with E-state index in [1.165, 1.54) is 6.08 Å². The van der Waals surface area contributed by atoms with Gasteiger partial charge in [-0.2, -0.15) is 16.8 Å². The van der Waals surface area contributed by atoms with Gasteiger partial charge in [0.25, 0.3) is 20.2 Å². The van der Waals surface area contributed by atoms with E-state index in [4.69, 9.17) is 18.9 Å². The highest BCUT2D eigenvalue weighted by Crippen LogP contribution is 2.34. The van der Waals surface area contributed by atoms with Crippen LogP contribution in [0.3, 0.4) is 0 Å². The van der Waals surface area contributed by atoms with Crippen molar-refractivity contribution < 1.29 is 40.3 Å². The predicted molar refractivity (Wildman–Crippen MR) is 91.0 cm³/mol. The van der Waals surface area contributed by atoms with Gasteiger partial charge < -0.3 is 9.79 Å². The molecule has 24 heavy (non-hydrogen) atoms. The van der Waals surface area contributed by atoms with Gasteiger partial charge in [-0.25, -0.2) is 0 Å². The molecule has 1 rings (SSSR count). The van der Waals surface area contributed by atoms with Gasteiger partial charge in [-0.05, 0) is 11.6 Å². The highest BCUT2D eigenvalue weighted by atomic mass is 32.2. The molecule has 0 atom stereocenters. The monoisotopic (exact) mass is 400 g/mol. The summed E-state index contributed by atoms with van der Waals surface area (Å²) < 4.78 is 65.0. The van der Waals surface area contributed by atoms with Crippen molar-refractivity contribution in [2.75, 3.05) is 0 Å². The van der Waals surface area contributed by atoms with Crippen molar-refractivity contribution in [1.29, 1.82) is 0 Å². The lowest BCUT2D eigenvalue weighted by Gasteiger charge is -1.89. The topological polar surface area (TPSA) is 166 Å². The fourth-order valence-corrected chi connectivity index (χ4v) is 1.06. The minimum absolute atomic E-state index is 0.465. The molecule has 0 spiro atoms. The third kappa shape index (κ3) is 22.7. The molecule has 1 aromatic carbocycles. The SMILES string of the molecule is C=CP(=O)(O)O.C=CS(=O)(=O)O.O=S(=O)(O)C=Cc1ccccc1. The lowest BCUT2D eigenvalue weighted by atomic mass is 10.2. The molecule has 12 heteroatoms. The quantitative estimate of drug-likeness (QED) is 0.436. The van der Waals surface area contributed by atoms with Crippen molar-refractivity contribution in [3.63, 3.8) is 0 Å². The second kappa shape index (κ2) is 11.0. The van der Waals surface area contributed by atoms with E-state index in [9.17, 15) is 21.4 Å². The molecule has 0 saturated heterocycles. The van der Waals surface area contributed by atoms with E-state index in [0.717, 1.165) is 11.0 Å². The van der Waals surface area contributed by atoms with Crippen molar-refractivity contribution in [3.05, 3.63) is 65.7 Å². The Morgan fingerprint density at radius 2 is 1.29 bits per heavy atom. The van der Waals surface area contributed by atoms with E-state index in [0.29, 0.717) is 11.2 Å². The van der Waals surface area contributed by atoms with Gasteiger partial charge in [0, 0.05) is 5.82 Å². The van der Waals surface area contributed by atoms with Crippen molar-refractivity contribution in [2.45, 2.75) is 0 Å². The zero-order valence-corrected chi connectivity index (χ0v) is 14.7. The van der Waals surface area contributed by atoms with Gasteiger partial charge in [-0.1, -0.05) is 43.5 Å². The summed E-state index contributed by atoms with van der Waals surface area (Å²) in [5.74, 6) is 0.604. The van der Waals surface area contributed by atoms with E-state index >= 15 is 0 Å². The van der Waals surface area contributed by atoms with Gasteiger partial charge in [0.15, 0.2) is 0 Å². The summed E-state index contributed by atoms with van der Waals surface area (Å²) >= 11 is 0. The Balaban J connectivity index is 0. The fourth-order valence-electron chi connectivity index (χ4n) is 0.729. The Bertz CT molecular complexity index is 779. The van der Waals surface area contributed by atoms with E-state index in [1.54, 1.807) is 24.3 Å². The largest absolute Gasteiger partial charge is 0.348 e. The highest BCUT2D eigenvalue weighted by Gasteiger charge is 2.01. The predicted octanol–water partition coefficient (Wildman–Crippen LogP) is 1.87. The maximum Gasteiger partial charge on any atom is 0.348 e. The molecule has 0 fully saturated rings. The molecule has 0 unspecified atom stereocenters. The van der Waals surface area contributed by atoms with Crippen LogP contribution in [0.4, 0.5) is 0 Å². The van der Waals surface area contributed by atoms with Crippen molar-refractivity contribution in [2.24, 2.45) is 0 Å². The molecule has 1 aromatic rings. The van der Waals surface area contributed by atoms with E-state index in [2.05, 4.69) is 13.2 Å². The van der Waals surface area contributed by atoms with E-state index < -0.39 is 27.8 Å². The number of rotatable bonds is 4. The van der Waals surface area contributed by atoms with E-state index in [-0.39, 0.29) is 0 Å². The molecule has 136 valence electrons. The zero-order valence-electron chi connectivity index (χ0n) is 12.2. The van der Waals surface area contributed by atoms with Crippen LogP contribution in [0.15, 0.2) is 60.1 Å². The molecule has 0 radical (unpaired) electrons. The molecule has 0 aliphatic rings. The van der Waals surface area contributed by atoms with Gasteiger partial charge in [0.2, 0.25) is 0 Å². The molecule has 0 aliphatic carbocycles. The van der Waals surface area contributed by atoms with Crippen LogP contribution in [-0.2, 0) is 24.8 Å². The van der Waals surface area contributed by atoms with Crippen LogP contribution in [0.5, 0.6) is 0 Å². The molecule has 4 N–H and O–H groups in total. The van der Waals surface area contributed by atoms with Crippen LogP contribution in [0.2, 0.25) is 0 Å². The van der Waals surface area contributed by atoms with Crippen molar-refractivity contribution in [3.8, 4) is 0 Å². The zero-order chi connectivity index (χ0) is 19.4. The summed E-state index contributed by atoms with van der Waals surface area (Å²) in [4.78, 5) is 15.6. The molecule has 0 aromatic heterocycles. The minimum Gasteiger partial charge on any atom is -0.321 e. The second-order valence-electron chi connectivity index (χ2n) is 3.68. The summed E-state index contributed by atoms with van der Waals surface area (Å²) in [6.07, 6.45) is 1.33. The molecule has 9 nitrogen and oxygen atoms in total. The van der Waals surface area contributed by atoms with Gasteiger partial charge >= 0.3 is 7.60 Å². The van der Waals surface area contributed by atoms with Gasteiger partial charge in [0.1, 0.15) is 0 Å². The summed E-state index contributed by atoms with van der Waals surface area (Å²) in [5.41, 5.74) is 0.732. The standard InChI is InChI=1S/C8H8O3S.C2H5O3P.C2H4O3S/c9-12(10,11)7-6-8-4-2-1-3-5-8;2*1-2-6(3,4)5/h1-7H,(H,9,10,11);2H,1H2,(H2,3,4,5);2H,1H2,(H,3,4,5). The lowest BCUT2D eigenvalue weighted by molar-refractivity contribution is 0.386. The van der Waals surface area contributed by atoms with Crippen LogP contribution in [-0.4, -0.2) is 35.7 Å². The molecule has 0 bridgehead atoms. The first-order valence-electron chi connectivity index (χ1n) is 5.69. The number of benzene rings is 1. The van der Waals surface area contributed by atoms with Crippen molar-refractivity contribution in [1.82, 2.24) is 0 Å². The van der Waals surface area contributed by atoms with Crippen LogP contribution in [0.25, 0.3) is 6.08 Å². The van der Waals surface area contributed by atoms with Gasteiger partial charge in [-0.3, -0.25) is 13.7 Å². The first kappa shape index (κ1) is 24.7. The summed E-state index contributed by atoms with van der Waals surface area (Å²) in [6, 6.07) is 8.86. The lowest BCUT2D eigenvalue weighted by Crippen LogP contribution is -1.88. The third-order valence-corrected chi connectivity index (χ3v) is 3.06. The fraction of sp³-hybridized carbons (Fsp3) is 0. The van der Waals surface area contributed by atoms with E-state index in [1.807, 2.05) is 6.07 Å². The maximum atomic E-state index is 10.3. The van der Waals surface area contributed by atoms with Crippen LogP contribution < -0.4 is 0 Å². The van der Waals surface area contributed by atoms with Crippen LogP contribution in [0.1, 0.15) is 5.56 Å². The molecular weight excluding hydrogens is 383 g/mol. The van der Waals surface area contributed by atoms with Gasteiger partial charge in [0.05, 0.1) is 10.8 Å². The van der Waals surface area contributed by atoms with Crippen LogP contribution >= 0.6 is 7.60 Å². The Hall–Kier alpha value is -1.59. The average molecular weight is 400 g/mol. The number of hydrogen-bond acceptors (Lipinski definition) is 5. The summed E-state index contributed by atoms with van der Waals surface area (Å²) in [6.45, 7) is 5.66. The average Bonchev–Trinajstić information content (AvgIpc) is 2.45. The highest BCUT2D eigenvalue weighted by molar-refractivity contribution is 7.89. The third-order valence-electron chi connectivity index (χ3n) is 1.68. The first-order valence-corrected chi connectivity index (χ1v) is 10.4. The maximum absolute atomic E-state index is 10.3. The minimum atomic E-state index is -4.00. The Labute approximate surface area is 140 Å². The summed E-state index contributed by atoms with van der Waals surface area (Å²) in [7, 11) is -11.8. The summed E-state index contributed by atoms with van der Waals surface area (Å²) in [5, 5.41) is 1.22. The Morgan fingerprint density at radius 1 is 0.917 bits per heavy atom. The Morgan fingerprint density at radius 3 is 1.54 bits per heavy atom. The molecule has 0 aliphatic heterocycles. The van der Waals surface area contributed by atoms with Crippen molar-refractivity contribution >= 4 is 33.9 Å². The second-order valence-corrected chi connectivity index (χ2v) is 7.89. The van der Waals surface area contributed by atoms with Crippen LogP contribution in [0, 0.1) is 0 Å². The van der Waals surface area contributed by atoms with Gasteiger partial charge in [-0.15, -0.1) is 0 Å².